The summed E-state index contributed by atoms with van der Waals surface area (Å²) in [6.07, 6.45) is 0. The zero-order valence-electron chi connectivity index (χ0n) is 7.77. The van der Waals surface area contributed by atoms with E-state index in [4.69, 9.17) is 10.8 Å². The minimum absolute atomic E-state index is 0.423. The zero-order chi connectivity index (χ0) is 10.6. The van der Waals surface area contributed by atoms with Gasteiger partial charge in [0.05, 0.1) is 10.7 Å². The first-order chi connectivity index (χ1) is 6.59. The number of carboxylic acids is 1. The smallest absolute Gasteiger partial charge is 0.321 e. The first-order valence-corrected chi connectivity index (χ1v) is 6.10. The van der Waals surface area contributed by atoms with Crippen LogP contribution in [0.1, 0.15) is 10.7 Å². The summed E-state index contributed by atoms with van der Waals surface area (Å²) in [5, 5.41) is 11.5. The Hall–Kier alpha value is -0.590. The van der Waals surface area contributed by atoms with Gasteiger partial charge in [-0.25, -0.2) is 4.98 Å². The second-order valence-corrected chi connectivity index (χ2v) is 4.91. The normalized spacial score (nSPS) is 12.7. The van der Waals surface area contributed by atoms with Crippen molar-refractivity contribution in [3.63, 3.8) is 0 Å². The van der Waals surface area contributed by atoms with E-state index in [0.717, 1.165) is 16.5 Å². The SMILES string of the molecule is Cc1nc(CSC[C@H](N)C(=O)O)cs1. The molecule has 0 saturated heterocycles. The summed E-state index contributed by atoms with van der Waals surface area (Å²) in [5.41, 5.74) is 6.34. The van der Waals surface area contributed by atoms with Crippen LogP contribution in [0.15, 0.2) is 5.38 Å². The van der Waals surface area contributed by atoms with Gasteiger partial charge in [0.2, 0.25) is 0 Å². The van der Waals surface area contributed by atoms with E-state index >= 15 is 0 Å². The lowest BCUT2D eigenvalue weighted by Gasteiger charge is -2.03. The fourth-order valence-electron chi connectivity index (χ4n) is 0.836. The van der Waals surface area contributed by atoms with Crippen LogP contribution in [0.4, 0.5) is 0 Å². The molecule has 0 radical (unpaired) electrons. The molecule has 1 aromatic heterocycles. The van der Waals surface area contributed by atoms with Gasteiger partial charge in [0.15, 0.2) is 0 Å². The molecule has 6 heteroatoms. The van der Waals surface area contributed by atoms with Gasteiger partial charge in [-0.3, -0.25) is 4.79 Å². The Kier molecular flexibility index (Phi) is 4.37. The molecule has 0 aromatic carbocycles. The largest absolute Gasteiger partial charge is 0.480 e. The van der Waals surface area contributed by atoms with Crippen molar-refractivity contribution in [3.05, 3.63) is 16.1 Å². The Morgan fingerprint density at radius 3 is 3.07 bits per heavy atom. The number of thiazole rings is 1. The van der Waals surface area contributed by atoms with E-state index < -0.39 is 12.0 Å². The summed E-state index contributed by atoms with van der Waals surface area (Å²) in [6, 6.07) is -0.778. The summed E-state index contributed by atoms with van der Waals surface area (Å²) in [5.74, 6) is 0.198. The Labute approximate surface area is 90.5 Å². The molecule has 0 bridgehead atoms. The van der Waals surface area contributed by atoms with Crippen LogP contribution in [0.5, 0.6) is 0 Å². The van der Waals surface area contributed by atoms with Gasteiger partial charge in [0.1, 0.15) is 6.04 Å². The Morgan fingerprint density at radius 1 is 1.86 bits per heavy atom. The summed E-state index contributed by atoms with van der Waals surface area (Å²) >= 11 is 3.09. The summed E-state index contributed by atoms with van der Waals surface area (Å²) in [7, 11) is 0. The Morgan fingerprint density at radius 2 is 2.57 bits per heavy atom. The third-order valence-corrected chi connectivity index (χ3v) is 3.45. The van der Waals surface area contributed by atoms with Crippen LogP contribution in [0, 0.1) is 6.92 Å². The molecule has 0 saturated carbocycles. The van der Waals surface area contributed by atoms with Gasteiger partial charge in [0.25, 0.3) is 0 Å². The fourth-order valence-corrected chi connectivity index (χ4v) is 2.43. The van der Waals surface area contributed by atoms with Crippen molar-refractivity contribution in [3.8, 4) is 0 Å². The van der Waals surface area contributed by atoms with E-state index in [1.165, 1.54) is 11.8 Å². The quantitative estimate of drug-likeness (QED) is 0.795. The molecular weight excluding hydrogens is 220 g/mol. The molecular formula is C8H12N2O2S2. The standard InChI is InChI=1S/C8H12N2O2S2/c1-5-10-6(3-14-5)2-13-4-7(9)8(11)12/h3,7H,2,4,9H2,1H3,(H,11,12)/t7-/m0/s1. The third kappa shape index (κ3) is 3.65. The van der Waals surface area contributed by atoms with Crippen LogP contribution in [-0.4, -0.2) is 27.9 Å². The molecule has 0 unspecified atom stereocenters. The van der Waals surface area contributed by atoms with Gasteiger partial charge in [-0.2, -0.15) is 11.8 Å². The van der Waals surface area contributed by atoms with Crippen molar-refractivity contribution in [2.24, 2.45) is 5.73 Å². The van der Waals surface area contributed by atoms with Gasteiger partial charge in [-0.1, -0.05) is 0 Å². The van der Waals surface area contributed by atoms with Gasteiger partial charge < -0.3 is 10.8 Å². The molecule has 0 aliphatic heterocycles. The van der Waals surface area contributed by atoms with E-state index in [-0.39, 0.29) is 0 Å². The lowest BCUT2D eigenvalue weighted by molar-refractivity contribution is -0.137. The van der Waals surface area contributed by atoms with Crippen LogP contribution in [0.25, 0.3) is 0 Å². The molecule has 1 atom stereocenters. The molecule has 1 aromatic rings. The number of carbonyl (C=O) groups is 1. The topological polar surface area (TPSA) is 76.2 Å². The number of aromatic nitrogens is 1. The number of hydrogen-bond donors (Lipinski definition) is 2. The number of thioether (sulfide) groups is 1. The van der Waals surface area contributed by atoms with Gasteiger partial charge in [-0.15, -0.1) is 11.3 Å². The molecule has 0 aliphatic rings. The molecule has 14 heavy (non-hydrogen) atoms. The van der Waals surface area contributed by atoms with Gasteiger partial charge in [-0.05, 0) is 6.92 Å². The van der Waals surface area contributed by atoms with Crippen LogP contribution < -0.4 is 5.73 Å². The molecule has 1 rings (SSSR count). The average molecular weight is 232 g/mol. The number of carboxylic acid groups (broad SMARTS) is 1. The molecule has 0 aliphatic carbocycles. The van der Waals surface area contributed by atoms with E-state index in [9.17, 15) is 4.79 Å². The number of nitrogens with zero attached hydrogens (tertiary/aromatic N) is 1. The lowest BCUT2D eigenvalue weighted by Crippen LogP contribution is -2.32. The highest BCUT2D eigenvalue weighted by Gasteiger charge is 2.11. The predicted octanol–water partition coefficient (Wildman–Crippen LogP) is 1.10. The van der Waals surface area contributed by atoms with Crippen molar-refractivity contribution in [2.75, 3.05) is 5.75 Å². The Bertz CT molecular complexity index is 314. The summed E-state index contributed by atoms with van der Waals surface area (Å²) in [4.78, 5) is 14.7. The first kappa shape index (κ1) is 11.5. The maximum atomic E-state index is 10.4. The molecule has 0 amide bonds. The maximum absolute atomic E-state index is 10.4. The molecule has 4 nitrogen and oxygen atoms in total. The monoisotopic (exact) mass is 232 g/mol. The van der Waals surface area contributed by atoms with E-state index in [1.807, 2.05) is 12.3 Å². The second-order valence-electron chi connectivity index (χ2n) is 2.82. The Balaban J connectivity index is 2.25. The highest BCUT2D eigenvalue weighted by atomic mass is 32.2. The average Bonchev–Trinajstić information content (AvgIpc) is 2.51. The van der Waals surface area contributed by atoms with Crippen LogP contribution in [0.3, 0.4) is 0 Å². The molecule has 3 N–H and O–H groups in total. The predicted molar refractivity (Wildman–Crippen MR) is 58.6 cm³/mol. The minimum Gasteiger partial charge on any atom is -0.480 e. The van der Waals surface area contributed by atoms with Gasteiger partial charge in [0, 0.05) is 16.9 Å². The van der Waals surface area contributed by atoms with Crippen molar-refractivity contribution >= 4 is 29.1 Å². The minimum atomic E-state index is -0.952. The molecule has 1 heterocycles. The number of rotatable bonds is 5. The highest BCUT2D eigenvalue weighted by molar-refractivity contribution is 7.98. The van der Waals surface area contributed by atoms with Crippen LogP contribution in [0.2, 0.25) is 0 Å². The number of nitrogens with two attached hydrogens (primary N) is 1. The zero-order valence-corrected chi connectivity index (χ0v) is 9.40. The number of hydrogen-bond acceptors (Lipinski definition) is 5. The van der Waals surface area contributed by atoms with Crippen molar-refractivity contribution in [2.45, 2.75) is 18.7 Å². The maximum Gasteiger partial charge on any atom is 0.321 e. The first-order valence-electron chi connectivity index (χ1n) is 4.06. The molecule has 0 spiro atoms. The summed E-state index contributed by atoms with van der Waals surface area (Å²) < 4.78 is 0. The fraction of sp³-hybridized carbons (Fsp3) is 0.500. The lowest BCUT2D eigenvalue weighted by atomic mass is 10.4. The molecule has 0 fully saturated rings. The molecule has 78 valence electrons. The van der Waals surface area contributed by atoms with Crippen molar-refractivity contribution < 1.29 is 9.90 Å². The van der Waals surface area contributed by atoms with Crippen molar-refractivity contribution in [1.29, 1.82) is 0 Å². The van der Waals surface area contributed by atoms with Gasteiger partial charge >= 0.3 is 5.97 Å². The van der Waals surface area contributed by atoms with Crippen LogP contribution >= 0.6 is 23.1 Å². The van der Waals surface area contributed by atoms with E-state index in [0.29, 0.717) is 5.75 Å². The van der Waals surface area contributed by atoms with Crippen LogP contribution in [-0.2, 0) is 10.5 Å². The van der Waals surface area contributed by atoms with E-state index in [2.05, 4.69) is 4.98 Å². The van der Waals surface area contributed by atoms with E-state index in [1.54, 1.807) is 11.3 Å². The highest BCUT2D eigenvalue weighted by Crippen LogP contribution is 2.15. The summed E-state index contributed by atoms with van der Waals surface area (Å²) in [6.45, 7) is 1.95. The second kappa shape index (κ2) is 5.33. The third-order valence-electron chi connectivity index (χ3n) is 1.53. The van der Waals surface area contributed by atoms with Crippen molar-refractivity contribution in [1.82, 2.24) is 4.98 Å². The number of aryl methyl sites for hydroxylation is 1. The number of aliphatic carboxylic acids is 1.